The van der Waals surface area contributed by atoms with E-state index < -0.39 is 5.60 Å². The number of carbonyl (C=O) groups is 1. The largest absolute Gasteiger partial charge is 0.367 e. The minimum absolute atomic E-state index is 0.0439. The van der Waals surface area contributed by atoms with Crippen molar-refractivity contribution in [1.29, 1.82) is 0 Å². The van der Waals surface area contributed by atoms with Gasteiger partial charge in [0.25, 0.3) is 0 Å². The average Bonchev–Trinajstić information content (AvgIpc) is 2.79. The van der Waals surface area contributed by atoms with Gasteiger partial charge in [-0.1, -0.05) is 23.7 Å². The number of hydrogen-bond acceptors (Lipinski definition) is 2. The molecule has 0 atom stereocenters. The van der Waals surface area contributed by atoms with E-state index >= 15 is 0 Å². The molecule has 0 radical (unpaired) electrons. The van der Waals surface area contributed by atoms with E-state index in [9.17, 15) is 4.79 Å². The summed E-state index contributed by atoms with van der Waals surface area (Å²) in [6, 6.07) is 7.21. The van der Waals surface area contributed by atoms with Crippen LogP contribution in [0.4, 0.5) is 0 Å². The van der Waals surface area contributed by atoms with Crippen LogP contribution in [0.15, 0.2) is 24.3 Å². The van der Waals surface area contributed by atoms with Crippen molar-refractivity contribution in [1.82, 2.24) is 0 Å². The lowest BCUT2D eigenvalue weighted by Crippen LogP contribution is -2.39. The number of ether oxygens (including phenoxy) is 1. The number of halogens is 1. The van der Waals surface area contributed by atoms with E-state index in [2.05, 4.69) is 0 Å². The maximum absolute atomic E-state index is 12.6. The van der Waals surface area contributed by atoms with Gasteiger partial charge in [0.2, 0.25) is 0 Å². The topological polar surface area (TPSA) is 26.3 Å². The zero-order valence-electron chi connectivity index (χ0n) is 10.0. The molecule has 0 unspecified atom stereocenters. The third-order valence-electron chi connectivity index (χ3n) is 3.36. The number of carbonyl (C=O) groups excluding carboxylic acids is 1. The highest BCUT2D eigenvalue weighted by molar-refractivity contribution is 6.34. The van der Waals surface area contributed by atoms with Crippen LogP contribution in [0.3, 0.4) is 0 Å². The summed E-state index contributed by atoms with van der Waals surface area (Å²) in [5.41, 5.74) is -0.0377. The predicted molar refractivity (Wildman–Crippen MR) is 68.6 cm³/mol. The van der Waals surface area contributed by atoms with Crippen molar-refractivity contribution < 1.29 is 9.53 Å². The maximum atomic E-state index is 12.6. The van der Waals surface area contributed by atoms with Gasteiger partial charge in [0.15, 0.2) is 5.78 Å². The molecule has 1 aliphatic rings. The van der Waals surface area contributed by atoms with Gasteiger partial charge < -0.3 is 4.74 Å². The number of Topliss-reactive ketones (excluding diaryl/α,β-unsaturated/α-hetero) is 1. The summed E-state index contributed by atoms with van der Waals surface area (Å²) in [5.74, 6) is 0.0439. The highest BCUT2D eigenvalue weighted by atomic mass is 35.5. The quantitative estimate of drug-likeness (QED) is 0.761. The molecular weight excluding hydrogens is 236 g/mol. The molecule has 1 saturated carbocycles. The lowest BCUT2D eigenvalue weighted by atomic mass is 9.91. The number of hydrogen-bond donors (Lipinski definition) is 0. The molecule has 92 valence electrons. The summed E-state index contributed by atoms with van der Waals surface area (Å²) in [4.78, 5) is 12.6. The molecule has 2 nitrogen and oxygen atoms in total. The standard InChI is InChI=1S/C14H17ClO2/c1-2-17-14(9-5-6-10-14)13(16)11-7-3-4-8-12(11)15/h3-4,7-8H,2,5-6,9-10H2,1H3. The molecule has 0 aliphatic heterocycles. The van der Waals surface area contributed by atoms with Gasteiger partial charge in [-0.05, 0) is 44.7 Å². The van der Waals surface area contributed by atoms with Gasteiger partial charge in [0.05, 0.1) is 5.02 Å². The number of rotatable bonds is 4. The Balaban J connectivity index is 2.32. The lowest BCUT2D eigenvalue weighted by Gasteiger charge is -2.27. The van der Waals surface area contributed by atoms with Crippen molar-refractivity contribution in [3.05, 3.63) is 34.9 Å². The molecule has 1 fully saturated rings. The monoisotopic (exact) mass is 252 g/mol. The molecule has 0 saturated heterocycles. The molecule has 3 heteroatoms. The highest BCUT2D eigenvalue weighted by Crippen LogP contribution is 2.37. The molecule has 2 rings (SSSR count). The first-order chi connectivity index (χ1) is 8.19. The summed E-state index contributed by atoms with van der Waals surface area (Å²) in [5, 5.41) is 0.517. The molecule has 0 heterocycles. The molecule has 0 amide bonds. The fourth-order valence-electron chi connectivity index (χ4n) is 2.55. The van der Waals surface area contributed by atoms with Crippen LogP contribution in [0.5, 0.6) is 0 Å². The van der Waals surface area contributed by atoms with Crippen molar-refractivity contribution >= 4 is 17.4 Å². The minimum Gasteiger partial charge on any atom is -0.367 e. The zero-order chi connectivity index (χ0) is 12.3. The van der Waals surface area contributed by atoms with E-state index in [1.807, 2.05) is 19.1 Å². The van der Waals surface area contributed by atoms with Gasteiger partial charge in [0.1, 0.15) is 5.60 Å². The van der Waals surface area contributed by atoms with Crippen LogP contribution in [0.2, 0.25) is 5.02 Å². The highest BCUT2D eigenvalue weighted by Gasteiger charge is 2.42. The van der Waals surface area contributed by atoms with Crippen LogP contribution in [0, 0.1) is 0 Å². The van der Waals surface area contributed by atoms with E-state index in [4.69, 9.17) is 16.3 Å². The Bertz CT molecular complexity index is 408. The molecule has 0 bridgehead atoms. The molecular formula is C14H17ClO2. The second-order valence-corrected chi connectivity index (χ2v) is 4.85. The normalized spacial score (nSPS) is 18.2. The van der Waals surface area contributed by atoms with Gasteiger partial charge >= 0.3 is 0 Å². The Morgan fingerprint density at radius 2 is 2.00 bits per heavy atom. The van der Waals surface area contributed by atoms with Crippen LogP contribution in [0.1, 0.15) is 43.0 Å². The SMILES string of the molecule is CCOC1(C(=O)c2ccccc2Cl)CCCC1. The van der Waals surface area contributed by atoms with E-state index in [1.54, 1.807) is 12.1 Å². The maximum Gasteiger partial charge on any atom is 0.196 e. The third-order valence-corrected chi connectivity index (χ3v) is 3.69. The first-order valence-electron chi connectivity index (χ1n) is 6.13. The molecule has 1 aliphatic carbocycles. The predicted octanol–water partition coefficient (Wildman–Crippen LogP) is 3.87. The zero-order valence-corrected chi connectivity index (χ0v) is 10.8. The Morgan fingerprint density at radius 3 is 2.59 bits per heavy atom. The summed E-state index contributed by atoms with van der Waals surface area (Å²) < 4.78 is 5.75. The minimum atomic E-state index is -0.625. The van der Waals surface area contributed by atoms with Gasteiger partial charge in [-0.25, -0.2) is 0 Å². The van der Waals surface area contributed by atoms with Crippen molar-refractivity contribution in [2.75, 3.05) is 6.61 Å². The van der Waals surface area contributed by atoms with Crippen molar-refractivity contribution in [3.63, 3.8) is 0 Å². The lowest BCUT2D eigenvalue weighted by molar-refractivity contribution is -0.0163. The Labute approximate surface area is 107 Å². The summed E-state index contributed by atoms with van der Waals surface area (Å²) in [6.07, 6.45) is 3.72. The fourth-order valence-corrected chi connectivity index (χ4v) is 2.77. The third kappa shape index (κ3) is 2.38. The first-order valence-corrected chi connectivity index (χ1v) is 6.51. The smallest absolute Gasteiger partial charge is 0.196 e. The van der Waals surface area contributed by atoms with Crippen LogP contribution in [0.25, 0.3) is 0 Å². The van der Waals surface area contributed by atoms with E-state index in [-0.39, 0.29) is 5.78 Å². The second kappa shape index (κ2) is 5.19. The summed E-state index contributed by atoms with van der Waals surface area (Å²) in [6.45, 7) is 2.50. The molecule has 0 spiro atoms. The van der Waals surface area contributed by atoms with Crippen LogP contribution >= 0.6 is 11.6 Å². The molecule has 17 heavy (non-hydrogen) atoms. The fraction of sp³-hybridized carbons (Fsp3) is 0.500. The van der Waals surface area contributed by atoms with Crippen LogP contribution in [-0.2, 0) is 4.74 Å². The van der Waals surface area contributed by atoms with Gasteiger partial charge in [-0.3, -0.25) is 4.79 Å². The number of ketones is 1. The Kier molecular flexibility index (Phi) is 3.85. The summed E-state index contributed by atoms with van der Waals surface area (Å²) >= 11 is 6.08. The average molecular weight is 253 g/mol. The van der Waals surface area contributed by atoms with Crippen LogP contribution in [-0.4, -0.2) is 18.0 Å². The second-order valence-electron chi connectivity index (χ2n) is 4.44. The van der Waals surface area contributed by atoms with Crippen LogP contribution < -0.4 is 0 Å². The van der Waals surface area contributed by atoms with Crippen molar-refractivity contribution in [2.45, 2.75) is 38.2 Å². The summed E-state index contributed by atoms with van der Waals surface area (Å²) in [7, 11) is 0. The van der Waals surface area contributed by atoms with Crippen molar-refractivity contribution in [3.8, 4) is 0 Å². The first kappa shape index (κ1) is 12.6. The van der Waals surface area contributed by atoms with E-state index in [0.717, 1.165) is 25.7 Å². The molecule has 1 aromatic carbocycles. The van der Waals surface area contributed by atoms with Gasteiger partial charge in [-0.15, -0.1) is 0 Å². The molecule has 1 aromatic rings. The van der Waals surface area contributed by atoms with Gasteiger partial charge in [0, 0.05) is 12.2 Å². The van der Waals surface area contributed by atoms with E-state index in [0.29, 0.717) is 17.2 Å². The molecule has 0 aromatic heterocycles. The Hall–Kier alpha value is -0.860. The Morgan fingerprint density at radius 1 is 1.35 bits per heavy atom. The van der Waals surface area contributed by atoms with Crippen molar-refractivity contribution in [2.24, 2.45) is 0 Å². The van der Waals surface area contributed by atoms with E-state index in [1.165, 1.54) is 0 Å². The molecule has 0 N–H and O–H groups in total. The van der Waals surface area contributed by atoms with Gasteiger partial charge in [-0.2, -0.15) is 0 Å². The number of benzene rings is 1.